The zero-order valence-electron chi connectivity index (χ0n) is 43.3. The summed E-state index contributed by atoms with van der Waals surface area (Å²) in [6.45, 7) is 26.9. The largest absolute Gasteiger partial charge is 0.489 e. The minimum Gasteiger partial charge on any atom is -0.489 e. The van der Waals surface area contributed by atoms with Crippen LogP contribution >= 0.6 is 0 Å². The van der Waals surface area contributed by atoms with Crippen LogP contribution in [0, 0.1) is 11.8 Å². The van der Waals surface area contributed by atoms with Gasteiger partial charge in [-0.3, -0.25) is 9.59 Å². The molecule has 0 bridgehead atoms. The van der Waals surface area contributed by atoms with Gasteiger partial charge in [0.15, 0.2) is 0 Å². The standard InChI is InChI=1S/C59H94O4/c1-44(2)24-15-25-45(3)26-16-27-46(4)28-17-29-47(5)30-18-31-48(6)32-19-33-49(7)34-20-35-50(8)36-21-37-51(9)38-22-39-52(10)40-23-41-53(11)42-43-55-54(12)56(60)58(62-13)59(63-14)57(55)61/h28,30,32,34,36,38,40,42,44-45H,15-27,29,31,33,35,37,39,41,43H2,1-14H3. The van der Waals surface area contributed by atoms with Crippen LogP contribution in [0.3, 0.4) is 0 Å². The summed E-state index contributed by atoms with van der Waals surface area (Å²) in [5, 5.41) is 0. The van der Waals surface area contributed by atoms with E-state index in [9.17, 15) is 9.59 Å². The van der Waals surface area contributed by atoms with Crippen molar-refractivity contribution in [2.75, 3.05) is 14.2 Å². The highest BCUT2D eigenvalue weighted by molar-refractivity contribution is 6.23. The molecule has 1 aliphatic rings. The number of hydrogen-bond donors (Lipinski definition) is 0. The van der Waals surface area contributed by atoms with Gasteiger partial charge in [-0.2, -0.15) is 0 Å². The molecule has 0 N–H and O–H groups in total. The molecule has 0 spiro atoms. The smallest absolute Gasteiger partial charge is 0.228 e. The van der Waals surface area contributed by atoms with Crippen molar-refractivity contribution in [3.63, 3.8) is 0 Å². The number of methoxy groups -OCH3 is 2. The Morgan fingerprint density at radius 3 is 1.06 bits per heavy atom. The summed E-state index contributed by atoms with van der Waals surface area (Å²) >= 11 is 0. The zero-order chi connectivity index (χ0) is 47.2. The average molecular weight is 867 g/mol. The van der Waals surface area contributed by atoms with Crippen LogP contribution in [0.15, 0.2) is 116 Å². The summed E-state index contributed by atoms with van der Waals surface area (Å²) in [5.41, 5.74) is 12.6. The SMILES string of the molecule is COC1=C(OC)C(=O)C(CC=C(C)CCC=C(C)CCC=C(C)CCC=C(C)CCC=C(C)CCC=C(C)CCC=C(C)CCC=C(C)CCCC(C)CCCC(C)C)=C(C)C1=O. The molecule has 4 nitrogen and oxygen atoms in total. The van der Waals surface area contributed by atoms with E-state index in [1.807, 2.05) is 0 Å². The van der Waals surface area contributed by atoms with E-state index in [0.29, 0.717) is 17.6 Å². The normalized spacial score (nSPS) is 16.3. The lowest BCUT2D eigenvalue weighted by Crippen LogP contribution is -2.24. The molecular weight excluding hydrogens is 773 g/mol. The molecule has 1 atom stereocenters. The van der Waals surface area contributed by atoms with Crippen LogP contribution in [0.2, 0.25) is 0 Å². The lowest BCUT2D eigenvalue weighted by atomic mass is 9.90. The molecule has 63 heavy (non-hydrogen) atoms. The Morgan fingerprint density at radius 2 is 0.730 bits per heavy atom. The van der Waals surface area contributed by atoms with Gasteiger partial charge in [0.25, 0.3) is 0 Å². The minimum atomic E-state index is -0.283. The molecule has 4 heteroatoms. The van der Waals surface area contributed by atoms with E-state index in [1.54, 1.807) is 12.5 Å². The Bertz CT molecular complexity index is 1720. The maximum absolute atomic E-state index is 12.9. The second-order valence-corrected chi connectivity index (χ2v) is 19.5. The molecule has 0 aromatic carbocycles. The summed E-state index contributed by atoms with van der Waals surface area (Å²) in [5.74, 6) is 1.15. The fourth-order valence-corrected chi connectivity index (χ4v) is 8.10. The minimum absolute atomic E-state index is 0.00559. The third-order valence-electron chi connectivity index (χ3n) is 12.7. The molecule has 0 aliphatic heterocycles. The first-order valence-corrected chi connectivity index (χ1v) is 24.8. The number of rotatable bonds is 33. The third kappa shape index (κ3) is 26.7. The highest BCUT2D eigenvalue weighted by Crippen LogP contribution is 2.28. The number of Topliss-reactive ketones (excluding diaryl/α,β-unsaturated/α-hetero) is 2. The van der Waals surface area contributed by atoms with Crippen molar-refractivity contribution in [1.29, 1.82) is 0 Å². The van der Waals surface area contributed by atoms with E-state index < -0.39 is 0 Å². The van der Waals surface area contributed by atoms with Gasteiger partial charge in [-0.15, -0.1) is 0 Å². The highest BCUT2D eigenvalue weighted by Gasteiger charge is 2.34. The van der Waals surface area contributed by atoms with Crippen LogP contribution in [0.5, 0.6) is 0 Å². The molecule has 0 saturated heterocycles. The Morgan fingerprint density at radius 1 is 0.429 bits per heavy atom. The predicted molar refractivity (Wildman–Crippen MR) is 275 cm³/mol. The third-order valence-corrected chi connectivity index (χ3v) is 12.7. The molecule has 0 heterocycles. The number of carbonyl (C=O) groups excluding carboxylic acids is 2. The summed E-state index contributed by atoms with van der Waals surface area (Å²) in [6.07, 6.45) is 43.2. The first kappa shape index (κ1) is 57.4. The number of carbonyl (C=O) groups is 2. The fraction of sp³-hybridized carbons (Fsp3) is 0.627. The van der Waals surface area contributed by atoms with E-state index >= 15 is 0 Å². The lowest BCUT2D eigenvalue weighted by Gasteiger charge is -2.19. The van der Waals surface area contributed by atoms with Crippen LogP contribution in [0.25, 0.3) is 0 Å². The molecule has 1 aliphatic carbocycles. The second-order valence-electron chi connectivity index (χ2n) is 19.5. The van der Waals surface area contributed by atoms with Crippen LogP contribution in [0.1, 0.15) is 218 Å². The Balaban J connectivity index is 2.29. The van der Waals surface area contributed by atoms with Crippen molar-refractivity contribution in [3.8, 4) is 0 Å². The summed E-state index contributed by atoms with van der Waals surface area (Å²) < 4.78 is 10.3. The van der Waals surface area contributed by atoms with Crippen LogP contribution in [0.4, 0.5) is 0 Å². The van der Waals surface area contributed by atoms with Gasteiger partial charge < -0.3 is 9.47 Å². The Kier molecular flexibility index (Phi) is 30.8. The van der Waals surface area contributed by atoms with E-state index in [1.165, 1.54) is 111 Å². The Labute approximate surface area is 389 Å². The maximum Gasteiger partial charge on any atom is 0.228 e. The van der Waals surface area contributed by atoms with E-state index in [4.69, 9.17) is 9.47 Å². The molecule has 0 radical (unpaired) electrons. The number of ether oxygens (including phenoxy) is 2. The van der Waals surface area contributed by atoms with Gasteiger partial charge in [0.2, 0.25) is 23.1 Å². The monoisotopic (exact) mass is 867 g/mol. The molecule has 0 fully saturated rings. The van der Waals surface area contributed by atoms with Crippen molar-refractivity contribution in [3.05, 3.63) is 116 Å². The van der Waals surface area contributed by atoms with Crippen LogP contribution < -0.4 is 0 Å². The van der Waals surface area contributed by atoms with Crippen molar-refractivity contribution in [2.45, 2.75) is 218 Å². The quantitative estimate of drug-likeness (QED) is 0.0487. The topological polar surface area (TPSA) is 52.6 Å². The van der Waals surface area contributed by atoms with Crippen molar-refractivity contribution in [1.82, 2.24) is 0 Å². The van der Waals surface area contributed by atoms with Crippen molar-refractivity contribution in [2.24, 2.45) is 11.8 Å². The fourth-order valence-electron chi connectivity index (χ4n) is 8.10. The maximum atomic E-state index is 12.9. The van der Waals surface area contributed by atoms with E-state index in [0.717, 1.165) is 82.5 Å². The predicted octanol–water partition coefficient (Wildman–Crippen LogP) is 18.0. The summed E-state index contributed by atoms with van der Waals surface area (Å²) in [4.78, 5) is 25.5. The van der Waals surface area contributed by atoms with Gasteiger partial charge in [-0.05, 0) is 183 Å². The van der Waals surface area contributed by atoms with Gasteiger partial charge in [0.1, 0.15) is 0 Å². The van der Waals surface area contributed by atoms with Crippen LogP contribution in [-0.4, -0.2) is 25.8 Å². The van der Waals surface area contributed by atoms with Gasteiger partial charge in [-0.1, -0.05) is 140 Å². The van der Waals surface area contributed by atoms with Crippen LogP contribution in [-0.2, 0) is 19.1 Å². The molecule has 0 aromatic rings. The first-order chi connectivity index (χ1) is 30.0. The van der Waals surface area contributed by atoms with E-state index in [-0.39, 0.29) is 23.1 Å². The molecule has 1 rings (SSSR count). The molecule has 1 unspecified atom stereocenters. The second kappa shape index (κ2) is 33.8. The summed E-state index contributed by atoms with van der Waals surface area (Å²) in [7, 11) is 2.78. The average Bonchev–Trinajstić information content (AvgIpc) is 3.21. The van der Waals surface area contributed by atoms with Gasteiger partial charge >= 0.3 is 0 Å². The number of allylic oxidation sites excluding steroid dienone is 18. The molecular formula is C59H94O4. The van der Waals surface area contributed by atoms with E-state index in [2.05, 4.69) is 125 Å². The van der Waals surface area contributed by atoms with Gasteiger partial charge in [-0.25, -0.2) is 0 Å². The highest BCUT2D eigenvalue weighted by atomic mass is 16.5. The lowest BCUT2D eigenvalue weighted by molar-refractivity contribution is -0.121. The van der Waals surface area contributed by atoms with Gasteiger partial charge in [0.05, 0.1) is 14.2 Å². The molecule has 0 saturated carbocycles. The van der Waals surface area contributed by atoms with Crippen molar-refractivity contribution >= 4 is 11.6 Å². The Hall–Kier alpha value is -3.66. The number of hydrogen-bond acceptors (Lipinski definition) is 4. The summed E-state index contributed by atoms with van der Waals surface area (Å²) in [6, 6.07) is 0. The molecule has 354 valence electrons. The molecule has 0 amide bonds. The first-order valence-electron chi connectivity index (χ1n) is 24.8. The molecule has 0 aromatic heterocycles. The number of ketones is 2. The zero-order valence-corrected chi connectivity index (χ0v) is 43.3. The van der Waals surface area contributed by atoms with Gasteiger partial charge in [0, 0.05) is 11.1 Å². The van der Waals surface area contributed by atoms with Crippen molar-refractivity contribution < 1.29 is 19.1 Å².